The van der Waals surface area contributed by atoms with E-state index in [1.165, 1.54) is 43.2 Å². The third-order valence-electron chi connectivity index (χ3n) is 4.10. The molecule has 0 radical (unpaired) electrons. The SMILES string of the molecule is OCCc1ccc(C2CCCCC2)c(CC[N]=[Pt])c1. The molecule has 0 unspecified atom stereocenters. The predicted octanol–water partition coefficient (Wildman–Crippen LogP) is 3.54. The Balaban J connectivity index is 2.21. The first-order chi connectivity index (χ1) is 9.35. The van der Waals surface area contributed by atoms with Crippen molar-refractivity contribution in [2.24, 2.45) is 3.50 Å². The van der Waals surface area contributed by atoms with Gasteiger partial charge in [0.15, 0.2) is 0 Å². The Morgan fingerprint density at radius 3 is 2.63 bits per heavy atom. The van der Waals surface area contributed by atoms with Crippen LogP contribution in [0.3, 0.4) is 0 Å². The van der Waals surface area contributed by atoms with E-state index < -0.39 is 0 Å². The van der Waals surface area contributed by atoms with Gasteiger partial charge in [-0.2, -0.15) is 0 Å². The fourth-order valence-corrected chi connectivity index (χ4v) is 3.38. The Morgan fingerprint density at radius 1 is 1.16 bits per heavy atom. The molecule has 2 nitrogen and oxygen atoms in total. The van der Waals surface area contributed by atoms with Crippen LogP contribution in [0.25, 0.3) is 0 Å². The molecule has 0 amide bonds. The number of aliphatic hydroxyl groups is 1. The van der Waals surface area contributed by atoms with Gasteiger partial charge in [-0.15, -0.1) is 0 Å². The van der Waals surface area contributed by atoms with E-state index in [0.29, 0.717) is 0 Å². The molecule has 108 valence electrons. The first-order valence-corrected chi connectivity index (χ1v) is 8.34. The van der Waals surface area contributed by atoms with Crippen LogP contribution in [0.1, 0.15) is 54.7 Å². The normalized spacial score (nSPS) is 16.6. The quantitative estimate of drug-likeness (QED) is 0.721. The van der Waals surface area contributed by atoms with E-state index in [1.807, 2.05) is 0 Å². The molecule has 0 aromatic heterocycles. The van der Waals surface area contributed by atoms with Gasteiger partial charge in [-0.25, -0.2) is 0 Å². The van der Waals surface area contributed by atoms with Crippen LogP contribution < -0.4 is 0 Å². The van der Waals surface area contributed by atoms with Gasteiger partial charge in [0.05, 0.1) is 0 Å². The molecule has 0 spiro atoms. The van der Waals surface area contributed by atoms with E-state index in [-0.39, 0.29) is 6.61 Å². The zero-order chi connectivity index (χ0) is 13.5. The van der Waals surface area contributed by atoms with Crippen LogP contribution in [0.5, 0.6) is 0 Å². The Morgan fingerprint density at radius 2 is 1.95 bits per heavy atom. The number of aliphatic hydroxyl groups excluding tert-OH is 1. The summed E-state index contributed by atoms with van der Waals surface area (Å²) < 4.78 is 4.22. The van der Waals surface area contributed by atoms with Crippen molar-refractivity contribution in [3.63, 3.8) is 0 Å². The Bertz CT molecular complexity index is 413. The van der Waals surface area contributed by atoms with Crippen LogP contribution in [0.15, 0.2) is 21.7 Å². The van der Waals surface area contributed by atoms with Crippen LogP contribution in [-0.2, 0) is 32.5 Å². The number of hydrogen-bond donors (Lipinski definition) is 1. The fraction of sp³-hybridized carbons (Fsp3) is 0.625. The van der Waals surface area contributed by atoms with Crippen LogP contribution >= 0.6 is 0 Å². The molecular weight excluding hydrogens is 417 g/mol. The van der Waals surface area contributed by atoms with Gasteiger partial charge < -0.3 is 0 Å². The summed E-state index contributed by atoms with van der Waals surface area (Å²) >= 11 is 2.08. The fourth-order valence-electron chi connectivity index (χ4n) is 3.13. The summed E-state index contributed by atoms with van der Waals surface area (Å²) in [5.41, 5.74) is 4.26. The molecule has 0 aliphatic heterocycles. The molecule has 1 aromatic carbocycles. The molecule has 1 saturated carbocycles. The third-order valence-corrected chi connectivity index (χ3v) is 4.61. The van der Waals surface area contributed by atoms with E-state index >= 15 is 0 Å². The third kappa shape index (κ3) is 4.33. The summed E-state index contributed by atoms with van der Waals surface area (Å²) in [6.45, 7) is 1.13. The van der Waals surface area contributed by atoms with Crippen molar-refractivity contribution in [1.29, 1.82) is 0 Å². The predicted molar refractivity (Wildman–Crippen MR) is 74.1 cm³/mol. The topological polar surface area (TPSA) is 32.6 Å². The number of nitrogens with zero attached hydrogens (tertiary/aromatic N) is 1. The molecule has 0 atom stereocenters. The first-order valence-electron chi connectivity index (χ1n) is 7.32. The Hall–Kier alpha value is -0.332. The van der Waals surface area contributed by atoms with Gasteiger partial charge in [0, 0.05) is 0 Å². The second-order valence-corrected chi connectivity index (χ2v) is 6.13. The van der Waals surface area contributed by atoms with Crippen molar-refractivity contribution in [1.82, 2.24) is 0 Å². The van der Waals surface area contributed by atoms with Gasteiger partial charge in [-0.1, -0.05) is 0 Å². The average Bonchev–Trinajstić information content (AvgIpc) is 2.46. The van der Waals surface area contributed by atoms with Crippen LogP contribution in [0, 0.1) is 0 Å². The van der Waals surface area contributed by atoms with E-state index in [2.05, 4.69) is 41.3 Å². The summed E-state index contributed by atoms with van der Waals surface area (Å²) in [4.78, 5) is 0. The maximum atomic E-state index is 9.09. The molecule has 2 rings (SSSR count). The second-order valence-electron chi connectivity index (χ2n) is 5.42. The molecule has 0 saturated heterocycles. The summed E-state index contributed by atoms with van der Waals surface area (Å²) in [5.74, 6) is 0.751. The zero-order valence-electron chi connectivity index (χ0n) is 11.4. The van der Waals surface area contributed by atoms with E-state index in [1.54, 1.807) is 5.56 Å². The summed E-state index contributed by atoms with van der Waals surface area (Å²) in [5, 5.41) is 9.09. The van der Waals surface area contributed by atoms with E-state index in [0.717, 1.165) is 25.3 Å². The zero-order valence-corrected chi connectivity index (χ0v) is 13.7. The van der Waals surface area contributed by atoms with Crippen LogP contribution in [-0.4, -0.2) is 18.3 Å². The molecule has 1 aliphatic rings. The summed E-state index contributed by atoms with van der Waals surface area (Å²) in [6, 6.07) is 6.80. The Labute approximate surface area is 127 Å². The number of benzene rings is 1. The summed E-state index contributed by atoms with van der Waals surface area (Å²) in [6.07, 6.45) is 8.63. The van der Waals surface area contributed by atoms with Gasteiger partial charge in [0.25, 0.3) is 0 Å². The van der Waals surface area contributed by atoms with Gasteiger partial charge in [-0.05, 0) is 0 Å². The van der Waals surface area contributed by atoms with Crippen molar-refractivity contribution >= 4 is 0 Å². The molecule has 1 fully saturated rings. The van der Waals surface area contributed by atoms with Gasteiger partial charge in [0.2, 0.25) is 0 Å². The van der Waals surface area contributed by atoms with Crippen molar-refractivity contribution in [3.05, 3.63) is 34.9 Å². The maximum absolute atomic E-state index is 9.09. The monoisotopic (exact) mass is 440 g/mol. The minimum atomic E-state index is 0.235. The van der Waals surface area contributed by atoms with Crippen molar-refractivity contribution in [2.75, 3.05) is 13.2 Å². The average molecular weight is 440 g/mol. The van der Waals surface area contributed by atoms with E-state index in [9.17, 15) is 0 Å². The van der Waals surface area contributed by atoms with Crippen molar-refractivity contribution in [2.45, 2.75) is 50.9 Å². The molecule has 3 heteroatoms. The number of hydrogen-bond acceptors (Lipinski definition) is 2. The molecule has 0 bridgehead atoms. The van der Waals surface area contributed by atoms with Gasteiger partial charge >= 0.3 is 127 Å². The van der Waals surface area contributed by atoms with Crippen LogP contribution in [0.4, 0.5) is 0 Å². The molecule has 1 aromatic rings. The molecule has 1 aliphatic carbocycles. The molecular formula is C16H23NOPt. The molecule has 1 N–H and O–H groups in total. The van der Waals surface area contributed by atoms with Crippen molar-refractivity contribution < 1.29 is 24.7 Å². The Kier molecular flexibility index (Phi) is 6.40. The first kappa shape index (κ1) is 15.1. The van der Waals surface area contributed by atoms with E-state index in [4.69, 9.17) is 5.11 Å². The standard InChI is InChI=1S/C16H23NO.Pt/c17-10-8-15-12-13(9-11-18)6-7-16(15)14-4-2-1-3-5-14;/h6-7,12,14,18H,1-5,8-11H2;. The van der Waals surface area contributed by atoms with Crippen molar-refractivity contribution in [3.8, 4) is 0 Å². The van der Waals surface area contributed by atoms with Gasteiger partial charge in [-0.3, -0.25) is 0 Å². The number of rotatable bonds is 6. The summed E-state index contributed by atoms with van der Waals surface area (Å²) in [7, 11) is 0. The van der Waals surface area contributed by atoms with Gasteiger partial charge in [0.1, 0.15) is 0 Å². The molecule has 0 heterocycles. The van der Waals surface area contributed by atoms with Crippen LogP contribution in [0.2, 0.25) is 0 Å². The minimum absolute atomic E-state index is 0.235. The molecule has 19 heavy (non-hydrogen) atoms. The second kappa shape index (κ2) is 8.07.